The quantitative estimate of drug-likeness (QED) is 0.868. The van der Waals surface area contributed by atoms with E-state index in [1.807, 2.05) is 12.1 Å². The van der Waals surface area contributed by atoms with E-state index in [0.717, 1.165) is 31.7 Å². The fourth-order valence-electron chi connectivity index (χ4n) is 2.95. The van der Waals surface area contributed by atoms with Gasteiger partial charge in [0.15, 0.2) is 0 Å². The van der Waals surface area contributed by atoms with Crippen LogP contribution >= 0.6 is 0 Å². The van der Waals surface area contributed by atoms with Crippen molar-refractivity contribution in [3.8, 4) is 5.75 Å². The number of hydrogen-bond acceptors (Lipinski definition) is 3. The second-order valence-corrected chi connectivity index (χ2v) is 6.25. The van der Waals surface area contributed by atoms with Crippen LogP contribution in [-0.2, 0) is 6.42 Å². The largest absolute Gasteiger partial charge is 0.497 e. The highest BCUT2D eigenvalue weighted by molar-refractivity contribution is 5.27. The number of benzene rings is 1. The first-order valence-electron chi connectivity index (χ1n) is 7.60. The van der Waals surface area contributed by atoms with Gasteiger partial charge in [0.05, 0.1) is 13.2 Å². The second-order valence-electron chi connectivity index (χ2n) is 6.25. The summed E-state index contributed by atoms with van der Waals surface area (Å²) < 4.78 is 5.16. The van der Waals surface area contributed by atoms with Crippen LogP contribution in [0.15, 0.2) is 24.3 Å². The molecule has 3 nitrogen and oxygen atoms in total. The van der Waals surface area contributed by atoms with E-state index < -0.39 is 0 Å². The van der Waals surface area contributed by atoms with Gasteiger partial charge in [-0.3, -0.25) is 4.90 Å². The molecule has 3 heteroatoms. The summed E-state index contributed by atoms with van der Waals surface area (Å²) in [5.74, 6) is 0.881. The Morgan fingerprint density at radius 2 is 1.80 bits per heavy atom. The predicted molar refractivity (Wildman–Crippen MR) is 82.2 cm³/mol. The van der Waals surface area contributed by atoms with E-state index in [1.165, 1.54) is 18.4 Å². The van der Waals surface area contributed by atoms with E-state index in [9.17, 15) is 5.11 Å². The van der Waals surface area contributed by atoms with Gasteiger partial charge in [-0.05, 0) is 70.3 Å². The normalized spacial score (nSPS) is 18.2. The Balaban J connectivity index is 1.88. The van der Waals surface area contributed by atoms with Gasteiger partial charge in [-0.1, -0.05) is 12.1 Å². The second kappa shape index (κ2) is 6.59. The first kappa shape index (κ1) is 15.3. The summed E-state index contributed by atoms with van der Waals surface area (Å²) in [6.45, 7) is 6.56. The molecule has 1 aliphatic rings. The molecule has 1 N–H and O–H groups in total. The molecule has 112 valence electrons. The zero-order valence-corrected chi connectivity index (χ0v) is 12.9. The van der Waals surface area contributed by atoms with Crippen molar-refractivity contribution in [3.05, 3.63) is 29.8 Å². The average Bonchev–Trinajstić information content (AvgIpc) is 3.00. The van der Waals surface area contributed by atoms with Gasteiger partial charge in [0.2, 0.25) is 0 Å². The Kier molecular flexibility index (Phi) is 5.06. The summed E-state index contributed by atoms with van der Waals surface area (Å²) in [7, 11) is 1.68. The minimum absolute atomic E-state index is 0.122. The van der Waals surface area contributed by atoms with Crippen LogP contribution in [0.5, 0.6) is 5.75 Å². The Labute approximate surface area is 122 Å². The lowest BCUT2D eigenvalue weighted by atomic mass is 9.90. The molecule has 1 aromatic rings. The first-order valence-corrected chi connectivity index (χ1v) is 7.60. The molecular weight excluding hydrogens is 250 g/mol. The van der Waals surface area contributed by atoms with Gasteiger partial charge >= 0.3 is 0 Å². The molecule has 1 aromatic carbocycles. The zero-order valence-electron chi connectivity index (χ0n) is 12.9. The van der Waals surface area contributed by atoms with Crippen LogP contribution in [0.25, 0.3) is 0 Å². The minimum Gasteiger partial charge on any atom is -0.497 e. The number of aliphatic hydroxyl groups excluding tert-OH is 1. The lowest BCUT2D eigenvalue weighted by Gasteiger charge is -2.39. The zero-order chi connectivity index (χ0) is 14.6. The predicted octanol–water partition coefficient (Wildman–Crippen LogP) is 2.86. The van der Waals surface area contributed by atoms with Crippen molar-refractivity contribution >= 4 is 0 Å². The molecule has 0 radical (unpaired) electrons. The molecule has 1 atom stereocenters. The minimum atomic E-state index is -0.289. The summed E-state index contributed by atoms with van der Waals surface area (Å²) >= 11 is 0. The number of likely N-dealkylation sites (tertiary alicyclic amines) is 1. The van der Waals surface area contributed by atoms with Gasteiger partial charge in [0.1, 0.15) is 5.75 Å². The summed E-state index contributed by atoms with van der Waals surface area (Å²) in [6, 6.07) is 8.11. The molecule has 0 aliphatic carbocycles. The molecule has 0 saturated carbocycles. The lowest BCUT2D eigenvalue weighted by Crippen LogP contribution is -2.51. The van der Waals surface area contributed by atoms with E-state index in [1.54, 1.807) is 7.11 Å². The van der Waals surface area contributed by atoms with Crippen LogP contribution in [0.2, 0.25) is 0 Å². The number of hydrogen-bond donors (Lipinski definition) is 1. The van der Waals surface area contributed by atoms with Crippen molar-refractivity contribution < 1.29 is 9.84 Å². The van der Waals surface area contributed by atoms with Crippen LogP contribution in [0.4, 0.5) is 0 Å². The van der Waals surface area contributed by atoms with E-state index in [4.69, 9.17) is 4.74 Å². The van der Waals surface area contributed by atoms with Crippen molar-refractivity contribution in [3.63, 3.8) is 0 Å². The van der Waals surface area contributed by atoms with E-state index in [0.29, 0.717) is 0 Å². The van der Waals surface area contributed by atoms with Crippen LogP contribution < -0.4 is 4.74 Å². The molecule has 0 aromatic heterocycles. The number of ether oxygens (including phenoxy) is 1. The molecule has 1 saturated heterocycles. The smallest absolute Gasteiger partial charge is 0.118 e. The maximum absolute atomic E-state index is 10.5. The third kappa shape index (κ3) is 3.53. The van der Waals surface area contributed by atoms with Crippen molar-refractivity contribution in [2.24, 2.45) is 0 Å². The number of nitrogens with zero attached hydrogens (tertiary/aromatic N) is 1. The fraction of sp³-hybridized carbons (Fsp3) is 0.647. The van der Waals surface area contributed by atoms with Gasteiger partial charge in [0.25, 0.3) is 0 Å². The highest BCUT2D eigenvalue weighted by atomic mass is 16.5. The third-order valence-corrected chi connectivity index (χ3v) is 4.60. The summed E-state index contributed by atoms with van der Waals surface area (Å²) in [4.78, 5) is 2.42. The van der Waals surface area contributed by atoms with Crippen molar-refractivity contribution in [1.29, 1.82) is 0 Å². The molecule has 0 amide bonds. The number of aryl methyl sites for hydroxylation is 1. The summed E-state index contributed by atoms with van der Waals surface area (Å²) in [5.41, 5.74) is 1.13. The van der Waals surface area contributed by atoms with Crippen LogP contribution in [0.3, 0.4) is 0 Å². The molecule has 1 unspecified atom stereocenters. The Morgan fingerprint density at radius 3 is 2.35 bits per heavy atom. The van der Waals surface area contributed by atoms with Crippen molar-refractivity contribution in [2.45, 2.75) is 51.2 Å². The summed E-state index contributed by atoms with van der Waals surface area (Å²) in [6.07, 6.45) is 3.93. The fourth-order valence-corrected chi connectivity index (χ4v) is 2.95. The molecule has 20 heavy (non-hydrogen) atoms. The van der Waals surface area contributed by atoms with E-state index >= 15 is 0 Å². The highest BCUT2D eigenvalue weighted by Gasteiger charge is 2.35. The van der Waals surface area contributed by atoms with Gasteiger partial charge < -0.3 is 9.84 Å². The Morgan fingerprint density at radius 1 is 1.20 bits per heavy atom. The van der Waals surface area contributed by atoms with Gasteiger partial charge in [-0.15, -0.1) is 0 Å². The van der Waals surface area contributed by atoms with Gasteiger partial charge in [0, 0.05) is 5.54 Å². The lowest BCUT2D eigenvalue weighted by molar-refractivity contribution is -0.00163. The molecule has 0 bridgehead atoms. The molecule has 2 rings (SSSR count). The monoisotopic (exact) mass is 277 g/mol. The molecule has 0 spiro atoms. The molecule has 1 heterocycles. The summed E-state index contributed by atoms with van der Waals surface area (Å²) in [5, 5.41) is 10.5. The maximum atomic E-state index is 10.5. The average molecular weight is 277 g/mol. The Hall–Kier alpha value is -1.06. The standard InChI is InChI=1S/C17H27NO2/c1-17(2,18-12-4-5-13-18)16(19)11-8-14-6-9-15(20-3)10-7-14/h6-7,9-10,16,19H,4-5,8,11-13H2,1-3H3. The van der Waals surface area contributed by atoms with Crippen LogP contribution in [0, 0.1) is 0 Å². The highest BCUT2D eigenvalue weighted by Crippen LogP contribution is 2.26. The van der Waals surface area contributed by atoms with Gasteiger partial charge in [-0.25, -0.2) is 0 Å². The SMILES string of the molecule is COc1ccc(CCC(O)C(C)(C)N2CCCC2)cc1. The van der Waals surface area contributed by atoms with Gasteiger partial charge in [-0.2, -0.15) is 0 Å². The maximum Gasteiger partial charge on any atom is 0.118 e. The topological polar surface area (TPSA) is 32.7 Å². The van der Waals surface area contributed by atoms with E-state index in [-0.39, 0.29) is 11.6 Å². The van der Waals surface area contributed by atoms with Crippen LogP contribution in [0.1, 0.15) is 38.7 Å². The van der Waals surface area contributed by atoms with Crippen molar-refractivity contribution in [1.82, 2.24) is 4.90 Å². The molecular formula is C17H27NO2. The Bertz CT molecular complexity index is 408. The number of methoxy groups -OCH3 is 1. The first-order chi connectivity index (χ1) is 9.54. The number of aliphatic hydroxyl groups is 1. The number of rotatable bonds is 6. The van der Waals surface area contributed by atoms with Crippen molar-refractivity contribution in [2.75, 3.05) is 20.2 Å². The van der Waals surface area contributed by atoms with Crippen LogP contribution in [-0.4, -0.2) is 41.8 Å². The molecule has 1 aliphatic heterocycles. The third-order valence-electron chi connectivity index (χ3n) is 4.60. The molecule has 1 fully saturated rings. The van der Waals surface area contributed by atoms with E-state index in [2.05, 4.69) is 30.9 Å².